The van der Waals surface area contributed by atoms with Crippen molar-refractivity contribution >= 4 is 6.29 Å². The van der Waals surface area contributed by atoms with E-state index in [1.807, 2.05) is 4.90 Å². The first-order chi connectivity index (χ1) is 5.33. The van der Waals surface area contributed by atoms with Gasteiger partial charge in [-0.1, -0.05) is 0 Å². The summed E-state index contributed by atoms with van der Waals surface area (Å²) < 4.78 is 12.4. The summed E-state index contributed by atoms with van der Waals surface area (Å²) in [5.41, 5.74) is 0. The van der Waals surface area contributed by atoms with Crippen molar-refractivity contribution in [1.82, 2.24) is 4.90 Å². The number of carbonyl (C=O) groups is 1. The molecule has 0 unspecified atom stereocenters. The summed E-state index contributed by atoms with van der Waals surface area (Å²) in [6, 6.07) is 0. The van der Waals surface area contributed by atoms with Crippen LogP contribution in [0.15, 0.2) is 12.0 Å². The fourth-order valence-electron chi connectivity index (χ4n) is 1.25. The zero-order valence-corrected chi connectivity index (χ0v) is 6.42. The lowest BCUT2D eigenvalue weighted by Crippen LogP contribution is -2.24. The molecule has 0 N–H and O–H groups in total. The number of aldehydes is 1. The van der Waals surface area contributed by atoms with Crippen molar-refractivity contribution in [1.29, 1.82) is 0 Å². The number of hydrogen-bond donors (Lipinski definition) is 0. The minimum Gasteiger partial charge on any atom is -0.375 e. The first kappa shape index (κ1) is 8.24. The topological polar surface area (TPSA) is 20.3 Å². The lowest BCUT2D eigenvalue weighted by Gasteiger charge is -2.24. The zero-order chi connectivity index (χ0) is 8.10. The lowest BCUT2D eigenvalue weighted by atomic mass is 10.1. The molecule has 0 aromatic heterocycles. The van der Waals surface area contributed by atoms with Crippen LogP contribution in [0.5, 0.6) is 0 Å². The van der Waals surface area contributed by atoms with Crippen molar-refractivity contribution in [2.75, 3.05) is 13.1 Å². The van der Waals surface area contributed by atoms with E-state index in [0.29, 0.717) is 0 Å². The van der Waals surface area contributed by atoms with Gasteiger partial charge in [-0.15, -0.1) is 0 Å². The molecule has 0 spiro atoms. The number of rotatable bonds is 2. The molecule has 0 aliphatic carbocycles. The van der Waals surface area contributed by atoms with Crippen molar-refractivity contribution in [3.8, 4) is 0 Å². The molecule has 1 heterocycles. The van der Waals surface area contributed by atoms with Crippen LogP contribution in [0, 0.1) is 0 Å². The average Bonchev–Trinajstić information content (AvgIpc) is 2.06. The SMILES string of the molecule is O=CC(F)=CN1CCCCC1. The molecule has 1 saturated heterocycles. The summed E-state index contributed by atoms with van der Waals surface area (Å²) >= 11 is 0. The Balaban J connectivity index is 2.40. The highest BCUT2D eigenvalue weighted by Crippen LogP contribution is 2.09. The predicted octanol–water partition coefficient (Wildman–Crippen LogP) is 1.48. The molecule has 1 rings (SSSR count). The Morgan fingerprint density at radius 3 is 2.45 bits per heavy atom. The molecule has 0 amide bonds. The lowest BCUT2D eigenvalue weighted by molar-refractivity contribution is -0.106. The van der Waals surface area contributed by atoms with Gasteiger partial charge in [0.2, 0.25) is 0 Å². The highest BCUT2D eigenvalue weighted by Gasteiger charge is 2.06. The van der Waals surface area contributed by atoms with Gasteiger partial charge in [0.25, 0.3) is 0 Å². The van der Waals surface area contributed by atoms with Crippen LogP contribution in [0.25, 0.3) is 0 Å². The number of piperidine rings is 1. The molecule has 0 aromatic carbocycles. The number of hydrogen-bond acceptors (Lipinski definition) is 2. The Hall–Kier alpha value is -0.860. The van der Waals surface area contributed by atoms with E-state index in [-0.39, 0.29) is 6.29 Å². The number of nitrogens with zero attached hydrogens (tertiary/aromatic N) is 1. The minimum atomic E-state index is -0.674. The molecule has 0 atom stereocenters. The maximum atomic E-state index is 12.4. The first-order valence-corrected chi connectivity index (χ1v) is 3.89. The van der Waals surface area contributed by atoms with Crippen LogP contribution >= 0.6 is 0 Å². The fraction of sp³-hybridized carbons (Fsp3) is 0.625. The quantitative estimate of drug-likeness (QED) is 0.447. The van der Waals surface area contributed by atoms with Crippen LogP contribution in [0.1, 0.15) is 19.3 Å². The van der Waals surface area contributed by atoms with E-state index in [2.05, 4.69) is 0 Å². The smallest absolute Gasteiger partial charge is 0.179 e. The van der Waals surface area contributed by atoms with Crippen molar-refractivity contribution in [3.63, 3.8) is 0 Å². The van der Waals surface area contributed by atoms with E-state index in [1.54, 1.807) is 0 Å². The second kappa shape index (κ2) is 4.11. The number of carbonyl (C=O) groups excluding carboxylic acids is 1. The number of halogens is 1. The van der Waals surface area contributed by atoms with Gasteiger partial charge in [0, 0.05) is 19.3 Å². The van der Waals surface area contributed by atoms with E-state index in [0.717, 1.165) is 25.9 Å². The molecule has 3 heteroatoms. The minimum absolute atomic E-state index is 0.245. The van der Waals surface area contributed by atoms with Gasteiger partial charge < -0.3 is 4.90 Å². The fourth-order valence-corrected chi connectivity index (χ4v) is 1.25. The van der Waals surface area contributed by atoms with Gasteiger partial charge in [0.1, 0.15) is 0 Å². The summed E-state index contributed by atoms with van der Waals surface area (Å²) in [7, 11) is 0. The van der Waals surface area contributed by atoms with Gasteiger partial charge in [-0.05, 0) is 19.3 Å². The van der Waals surface area contributed by atoms with Crippen molar-refractivity contribution in [2.24, 2.45) is 0 Å². The Morgan fingerprint density at radius 1 is 1.27 bits per heavy atom. The van der Waals surface area contributed by atoms with Crippen molar-refractivity contribution < 1.29 is 9.18 Å². The second-order valence-electron chi connectivity index (χ2n) is 2.73. The van der Waals surface area contributed by atoms with E-state index in [4.69, 9.17) is 0 Å². The highest BCUT2D eigenvalue weighted by molar-refractivity contribution is 5.69. The van der Waals surface area contributed by atoms with Gasteiger partial charge in [-0.25, -0.2) is 4.39 Å². The van der Waals surface area contributed by atoms with Gasteiger partial charge in [0.05, 0.1) is 0 Å². The molecule has 0 aromatic rings. The Morgan fingerprint density at radius 2 is 1.91 bits per heavy atom. The van der Waals surface area contributed by atoms with Gasteiger partial charge in [0.15, 0.2) is 12.1 Å². The van der Waals surface area contributed by atoms with Crippen LogP contribution in [0.3, 0.4) is 0 Å². The monoisotopic (exact) mass is 157 g/mol. The maximum Gasteiger partial charge on any atom is 0.179 e. The third-order valence-corrected chi connectivity index (χ3v) is 1.81. The Labute approximate surface area is 65.7 Å². The van der Waals surface area contributed by atoms with E-state index in [1.165, 1.54) is 12.6 Å². The van der Waals surface area contributed by atoms with E-state index >= 15 is 0 Å². The van der Waals surface area contributed by atoms with Gasteiger partial charge in [-0.3, -0.25) is 4.79 Å². The maximum absolute atomic E-state index is 12.4. The third kappa shape index (κ3) is 2.70. The molecule has 1 aliphatic rings. The average molecular weight is 157 g/mol. The summed E-state index contributed by atoms with van der Waals surface area (Å²) in [4.78, 5) is 11.8. The third-order valence-electron chi connectivity index (χ3n) is 1.81. The highest BCUT2D eigenvalue weighted by atomic mass is 19.1. The normalized spacial score (nSPS) is 20.1. The second-order valence-corrected chi connectivity index (χ2v) is 2.73. The molecule has 2 nitrogen and oxygen atoms in total. The molecule has 1 aliphatic heterocycles. The van der Waals surface area contributed by atoms with Gasteiger partial charge >= 0.3 is 0 Å². The molecule has 1 fully saturated rings. The summed E-state index contributed by atoms with van der Waals surface area (Å²) in [6.07, 6.45) is 4.96. The van der Waals surface area contributed by atoms with E-state index < -0.39 is 5.83 Å². The Kier molecular flexibility index (Phi) is 3.08. The Bertz CT molecular complexity index is 161. The summed E-state index contributed by atoms with van der Waals surface area (Å²) in [6.45, 7) is 1.75. The van der Waals surface area contributed by atoms with Crippen LogP contribution in [0.2, 0.25) is 0 Å². The number of allylic oxidation sites excluding steroid dienone is 1. The molecular weight excluding hydrogens is 145 g/mol. The largest absolute Gasteiger partial charge is 0.375 e. The first-order valence-electron chi connectivity index (χ1n) is 3.89. The van der Waals surface area contributed by atoms with Crippen LogP contribution in [0.4, 0.5) is 4.39 Å². The summed E-state index contributed by atoms with van der Waals surface area (Å²) in [5, 5.41) is 0. The molecular formula is C8H12FNO. The molecule has 0 radical (unpaired) electrons. The summed E-state index contributed by atoms with van der Waals surface area (Å²) in [5.74, 6) is -0.674. The van der Waals surface area contributed by atoms with Crippen LogP contribution in [-0.2, 0) is 4.79 Å². The standard InChI is InChI=1S/C8H12FNO/c9-8(7-11)6-10-4-2-1-3-5-10/h6-7H,1-5H2. The zero-order valence-electron chi connectivity index (χ0n) is 6.42. The van der Waals surface area contributed by atoms with E-state index in [9.17, 15) is 9.18 Å². The molecule has 0 saturated carbocycles. The molecule has 11 heavy (non-hydrogen) atoms. The van der Waals surface area contributed by atoms with Crippen LogP contribution in [-0.4, -0.2) is 24.3 Å². The van der Waals surface area contributed by atoms with Crippen molar-refractivity contribution in [3.05, 3.63) is 12.0 Å². The molecule has 0 bridgehead atoms. The number of likely N-dealkylation sites (tertiary alicyclic amines) is 1. The molecule has 62 valence electrons. The predicted molar refractivity (Wildman–Crippen MR) is 40.7 cm³/mol. The van der Waals surface area contributed by atoms with Crippen LogP contribution < -0.4 is 0 Å². The van der Waals surface area contributed by atoms with Gasteiger partial charge in [-0.2, -0.15) is 0 Å². The van der Waals surface area contributed by atoms with Crippen molar-refractivity contribution in [2.45, 2.75) is 19.3 Å².